The van der Waals surface area contributed by atoms with E-state index >= 15 is 0 Å². The van der Waals surface area contributed by atoms with Crippen molar-refractivity contribution in [3.8, 4) is 5.75 Å². The van der Waals surface area contributed by atoms with Gasteiger partial charge in [-0.1, -0.05) is 13.8 Å². The Labute approximate surface area is 195 Å². The highest BCUT2D eigenvalue weighted by Crippen LogP contribution is 2.34. The maximum Gasteiger partial charge on any atom is 0.247 e. The SMILES string of the molecule is COc1c(F)cc(Cn2cnc(CNc3nc(C)c4c(n3)N(C)C(C(C)C)C(=O)N4)n2)cc1F. The fourth-order valence-corrected chi connectivity index (χ4v) is 4.03. The van der Waals surface area contributed by atoms with Crippen LogP contribution in [0.4, 0.5) is 26.2 Å². The topological polar surface area (TPSA) is 110 Å². The van der Waals surface area contributed by atoms with Crippen LogP contribution in [0.3, 0.4) is 0 Å². The van der Waals surface area contributed by atoms with Crippen molar-refractivity contribution in [1.82, 2.24) is 24.7 Å². The van der Waals surface area contributed by atoms with Crippen LogP contribution in [-0.4, -0.2) is 50.8 Å². The lowest BCUT2D eigenvalue weighted by Crippen LogP contribution is -2.49. The molecule has 180 valence electrons. The molecule has 0 saturated carbocycles. The van der Waals surface area contributed by atoms with Crippen molar-refractivity contribution in [2.24, 2.45) is 5.92 Å². The molecule has 34 heavy (non-hydrogen) atoms. The van der Waals surface area contributed by atoms with Crippen molar-refractivity contribution in [2.75, 3.05) is 29.7 Å². The Morgan fingerprint density at radius 1 is 1.24 bits per heavy atom. The lowest BCUT2D eigenvalue weighted by atomic mass is 9.99. The fourth-order valence-electron chi connectivity index (χ4n) is 4.03. The first kappa shape index (κ1) is 23.3. The van der Waals surface area contributed by atoms with Crippen LogP contribution in [0.15, 0.2) is 18.5 Å². The number of rotatable bonds is 7. The zero-order chi connectivity index (χ0) is 24.6. The molecule has 1 aromatic carbocycles. The van der Waals surface area contributed by atoms with Crippen molar-refractivity contribution in [1.29, 1.82) is 0 Å². The summed E-state index contributed by atoms with van der Waals surface area (Å²) in [4.78, 5) is 27.6. The molecule has 4 rings (SSSR count). The third-order valence-electron chi connectivity index (χ3n) is 5.57. The van der Waals surface area contributed by atoms with Crippen LogP contribution < -0.4 is 20.3 Å². The predicted molar refractivity (Wildman–Crippen MR) is 122 cm³/mol. The summed E-state index contributed by atoms with van der Waals surface area (Å²) in [6.45, 7) is 6.14. The summed E-state index contributed by atoms with van der Waals surface area (Å²) in [6, 6.07) is 2.07. The summed E-state index contributed by atoms with van der Waals surface area (Å²) in [5.41, 5.74) is 1.62. The number of hydrogen-bond donors (Lipinski definition) is 2. The number of nitrogens with one attached hydrogen (secondary N) is 2. The highest BCUT2D eigenvalue weighted by atomic mass is 19.1. The van der Waals surface area contributed by atoms with Gasteiger partial charge in [-0.2, -0.15) is 10.1 Å². The summed E-state index contributed by atoms with van der Waals surface area (Å²) in [7, 11) is 3.05. The van der Waals surface area contributed by atoms with Crippen molar-refractivity contribution < 1.29 is 18.3 Å². The van der Waals surface area contributed by atoms with E-state index in [0.717, 1.165) is 0 Å². The van der Waals surface area contributed by atoms with E-state index in [2.05, 4.69) is 30.7 Å². The number of aryl methyl sites for hydroxylation is 1. The van der Waals surface area contributed by atoms with Gasteiger partial charge in [0.15, 0.2) is 29.0 Å². The summed E-state index contributed by atoms with van der Waals surface area (Å²) in [5, 5.41) is 10.3. The normalized spacial score (nSPS) is 15.4. The molecule has 0 fully saturated rings. The van der Waals surface area contributed by atoms with E-state index in [0.29, 0.717) is 34.5 Å². The van der Waals surface area contributed by atoms with Crippen LogP contribution in [-0.2, 0) is 17.9 Å². The van der Waals surface area contributed by atoms with Crippen LogP contribution in [0.1, 0.15) is 30.9 Å². The second-order valence-electron chi connectivity index (χ2n) is 8.42. The Balaban J connectivity index is 1.46. The number of carbonyl (C=O) groups excluding carboxylic acids is 1. The van der Waals surface area contributed by atoms with Crippen LogP contribution in [0.5, 0.6) is 5.75 Å². The summed E-state index contributed by atoms with van der Waals surface area (Å²) in [5.74, 6) is -0.490. The Morgan fingerprint density at radius 2 is 1.94 bits per heavy atom. The Hall–Kier alpha value is -3.83. The molecule has 0 saturated heterocycles. The number of aromatic nitrogens is 5. The average molecular weight is 473 g/mol. The highest BCUT2D eigenvalue weighted by Gasteiger charge is 2.35. The minimum atomic E-state index is -0.778. The van der Waals surface area contributed by atoms with Gasteiger partial charge in [0, 0.05) is 7.05 Å². The standard InChI is InChI=1S/C22H26F2N8O2/c1-11(2)18-21(33)28-17-12(3)27-22(29-20(17)31(18)4)25-8-16-26-10-32(30-16)9-13-6-14(23)19(34-5)15(24)7-13/h6-7,10-11,18H,8-9H2,1-5H3,(H,28,33)(H,25,27,29). The molecule has 1 aliphatic rings. The third kappa shape index (κ3) is 4.47. The number of carbonyl (C=O) groups is 1. The van der Waals surface area contributed by atoms with Gasteiger partial charge in [0.1, 0.15) is 18.1 Å². The van der Waals surface area contributed by atoms with Crippen molar-refractivity contribution >= 4 is 23.4 Å². The van der Waals surface area contributed by atoms with Gasteiger partial charge in [-0.15, -0.1) is 0 Å². The van der Waals surface area contributed by atoms with Crippen LogP contribution in [0.2, 0.25) is 0 Å². The Kier molecular flexibility index (Phi) is 6.31. The van der Waals surface area contributed by atoms with Gasteiger partial charge < -0.3 is 20.3 Å². The average Bonchev–Trinajstić information content (AvgIpc) is 3.20. The van der Waals surface area contributed by atoms with Crippen molar-refractivity contribution in [3.05, 3.63) is 47.2 Å². The van der Waals surface area contributed by atoms with Crippen molar-refractivity contribution in [2.45, 2.75) is 39.9 Å². The molecular weight excluding hydrogens is 446 g/mol. The maximum absolute atomic E-state index is 13.9. The monoisotopic (exact) mass is 472 g/mol. The molecule has 1 unspecified atom stereocenters. The van der Waals surface area contributed by atoms with Gasteiger partial charge in [0.25, 0.3) is 0 Å². The smallest absolute Gasteiger partial charge is 0.247 e. The molecule has 10 nitrogen and oxygen atoms in total. The molecule has 12 heteroatoms. The fraction of sp³-hybridized carbons (Fsp3) is 0.409. The number of amides is 1. The van der Waals surface area contributed by atoms with Crippen LogP contribution in [0, 0.1) is 24.5 Å². The number of benzene rings is 1. The summed E-state index contributed by atoms with van der Waals surface area (Å²) >= 11 is 0. The molecule has 0 aliphatic carbocycles. The zero-order valence-corrected chi connectivity index (χ0v) is 19.6. The molecule has 1 atom stereocenters. The predicted octanol–water partition coefficient (Wildman–Crippen LogP) is 2.74. The minimum absolute atomic E-state index is 0.0798. The second kappa shape index (κ2) is 9.20. The number of likely N-dealkylation sites (N-methyl/N-ethyl adjacent to an activating group) is 1. The molecule has 2 N–H and O–H groups in total. The molecule has 3 heterocycles. The number of anilines is 3. The van der Waals surface area contributed by atoms with Gasteiger partial charge in [-0.3, -0.25) is 4.79 Å². The van der Waals surface area contributed by atoms with Crippen molar-refractivity contribution in [3.63, 3.8) is 0 Å². The Morgan fingerprint density at radius 3 is 2.59 bits per heavy atom. The lowest BCUT2D eigenvalue weighted by Gasteiger charge is -2.36. The summed E-state index contributed by atoms with van der Waals surface area (Å²) in [6.07, 6.45) is 1.48. The molecule has 3 aromatic rings. The largest absolute Gasteiger partial charge is 0.491 e. The first-order valence-corrected chi connectivity index (χ1v) is 10.7. The number of ether oxygens (including phenoxy) is 1. The van der Waals surface area contributed by atoms with E-state index in [4.69, 9.17) is 4.74 Å². The van der Waals surface area contributed by atoms with E-state index in [-0.39, 0.29) is 31.0 Å². The van der Waals surface area contributed by atoms with E-state index < -0.39 is 17.4 Å². The molecule has 1 aliphatic heterocycles. The highest BCUT2D eigenvalue weighted by molar-refractivity contribution is 6.03. The van der Waals surface area contributed by atoms with Crippen LogP contribution >= 0.6 is 0 Å². The lowest BCUT2D eigenvalue weighted by molar-refractivity contribution is -0.118. The maximum atomic E-state index is 13.9. The molecule has 0 radical (unpaired) electrons. The minimum Gasteiger partial charge on any atom is -0.491 e. The number of methoxy groups -OCH3 is 1. The van der Waals surface area contributed by atoms with Gasteiger partial charge in [-0.05, 0) is 30.5 Å². The van der Waals surface area contributed by atoms with E-state index in [1.807, 2.05) is 25.8 Å². The van der Waals surface area contributed by atoms with E-state index in [9.17, 15) is 13.6 Å². The van der Waals surface area contributed by atoms with Gasteiger partial charge in [0.2, 0.25) is 11.9 Å². The zero-order valence-electron chi connectivity index (χ0n) is 19.6. The first-order valence-electron chi connectivity index (χ1n) is 10.7. The molecule has 1 amide bonds. The molecule has 2 aromatic heterocycles. The summed E-state index contributed by atoms with van der Waals surface area (Å²) < 4.78 is 34.1. The molecule has 0 spiro atoms. The number of halogens is 2. The van der Waals surface area contributed by atoms with Gasteiger partial charge >= 0.3 is 0 Å². The van der Waals surface area contributed by atoms with Gasteiger partial charge in [-0.25, -0.2) is 23.4 Å². The van der Waals surface area contributed by atoms with E-state index in [1.54, 1.807) is 6.92 Å². The number of nitrogens with zero attached hydrogens (tertiary/aromatic N) is 6. The third-order valence-corrected chi connectivity index (χ3v) is 5.57. The number of fused-ring (bicyclic) bond motifs is 1. The molecule has 0 bridgehead atoms. The quantitative estimate of drug-likeness (QED) is 0.540. The van der Waals surface area contributed by atoms with Gasteiger partial charge in [0.05, 0.1) is 25.9 Å². The van der Waals surface area contributed by atoms with E-state index in [1.165, 1.54) is 30.3 Å². The number of hydrogen-bond acceptors (Lipinski definition) is 8. The second-order valence-corrected chi connectivity index (χ2v) is 8.42. The van der Waals surface area contributed by atoms with Crippen LogP contribution in [0.25, 0.3) is 0 Å². The first-order chi connectivity index (χ1) is 16.2. The Bertz CT molecular complexity index is 1210. The molecular formula is C22H26F2N8O2.